The van der Waals surface area contributed by atoms with Gasteiger partial charge in [0, 0.05) is 18.8 Å². The van der Waals surface area contributed by atoms with Crippen LogP contribution in [0.15, 0.2) is 47.4 Å². The number of methoxy groups -OCH3 is 2. The van der Waals surface area contributed by atoms with E-state index in [9.17, 15) is 18.0 Å². The van der Waals surface area contributed by atoms with Gasteiger partial charge in [0.1, 0.15) is 5.75 Å². The maximum atomic E-state index is 13.0. The molecule has 0 radical (unpaired) electrons. The number of hydrogen-bond acceptors (Lipinski definition) is 6. The summed E-state index contributed by atoms with van der Waals surface area (Å²) >= 11 is 0. The zero-order valence-corrected chi connectivity index (χ0v) is 18.6. The number of benzene rings is 2. The summed E-state index contributed by atoms with van der Waals surface area (Å²) in [6, 6.07) is 11.2. The fourth-order valence-corrected chi connectivity index (χ4v) is 5.13. The molecule has 0 bridgehead atoms. The fraction of sp³-hybridized carbons (Fsp3) is 0.364. The SMILES string of the molecule is COC(=O)c1cccc(NC(=O)[C@@H]2CCCN(S(=O)(=O)c3ccc(OC)cc3)C2)c1C. The number of ether oxygens (including phenoxy) is 2. The Morgan fingerprint density at radius 3 is 2.45 bits per heavy atom. The van der Waals surface area contributed by atoms with Gasteiger partial charge in [-0.2, -0.15) is 4.31 Å². The van der Waals surface area contributed by atoms with Crippen LogP contribution < -0.4 is 10.1 Å². The van der Waals surface area contributed by atoms with Crippen LogP contribution in [0.1, 0.15) is 28.8 Å². The molecule has 166 valence electrons. The third-order valence-electron chi connectivity index (χ3n) is 5.45. The first-order valence-corrected chi connectivity index (χ1v) is 11.3. The number of sulfonamides is 1. The lowest BCUT2D eigenvalue weighted by atomic mass is 9.98. The number of carbonyl (C=O) groups excluding carboxylic acids is 2. The number of carbonyl (C=O) groups is 2. The molecule has 1 N–H and O–H groups in total. The van der Waals surface area contributed by atoms with Gasteiger partial charge in [-0.25, -0.2) is 13.2 Å². The minimum atomic E-state index is -3.72. The Hall–Kier alpha value is -2.91. The summed E-state index contributed by atoms with van der Waals surface area (Å²) in [5.41, 5.74) is 1.47. The van der Waals surface area contributed by atoms with Crippen molar-refractivity contribution in [2.45, 2.75) is 24.7 Å². The van der Waals surface area contributed by atoms with Gasteiger partial charge in [-0.1, -0.05) is 6.07 Å². The highest BCUT2D eigenvalue weighted by Gasteiger charge is 2.33. The van der Waals surface area contributed by atoms with E-state index in [1.165, 1.54) is 30.7 Å². The Labute approximate surface area is 182 Å². The molecule has 0 unspecified atom stereocenters. The topological polar surface area (TPSA) is 102 Å². The minimum Gasteiger partial charge on any atom is -0.497 e. The van der Waals surface area contributed by atoms with E-state index in [1.807, 2.05) is 0 Å². The Balaban J connectivity index is 1.74. The largest absolute Gasteiger partial charge is 0.497 e. The van der Waals surface area contributed by atoms with Crippen molar-refractivity contribution in [1.29, 1.82) is 0 Å². The average molecular weight is 447 g/mol. The van der Waals surface area contributed by atoms with Gasteiger partial charge >= 0.3 is 5.97 Å². The summed E-state index contributed by atoms with van der Waals surface area (Å²) in [7, 11) is -0.907. The number of esters is 1. The van der Waals surface area contributed by atoms with Gasteiger partial charge in [0.25, 0.3) is 0 Å². The third kappa shape index (κ3) is 4.88. The molecule has 0 aliphatic carbocycles. The molecule has 0 spiro atoms. The maximum absolute atomic E-state index is 13.0. The van der Waals surface area contributed by atoms with E-state index < -0.39 is 21.9 Å². The van der Waals surface area contributed by atoms with Crippen LogP contribution in [0.2, 0.25) is 0 Å². The summed E-state index contributed by atoms with van der Waals surface area (Å²) in [5.74, 6) is -0.690. The van der Waals surface area contributed by atoms with Gasteiger partial charge in [0.2, 0.25) is 15.9 Å². The van der Waals surface area contributed by atoms with Crippen LogP contribution in [-0.4, -0.2) is 51.9 Å². The van der Waals surface area contributed by atoms with Crippen molar-refractivity contribution in [2.24, 2.45) is 5.92 Å². The van der Waals surface area contributed by atoms with Gasteiger partial charge < -0.3 is 14.8 Å². The van der Waals surface area contributed by atoms with E-state index in [2.05, 4.69) is 5.32 Å². The Kier molecular flexibility index (Phi) is 6.97. The number of nitrogens with zero attached hydrogens (tertiary/aromatic N) is 1. The molecule has 1 amide bonds. The maximum Gasteiger partial charge on any atom is 0.338 e. The molecule has 3 rings (SSSR count). The lowest BCUT2D eigenvalue weighted by Crippen LogP contribution is -2.43. The van der Waals surface area contributed by atoms with E-state index >= 15 is 0 Å². The molecule has 1 fully saturated rings. The molecule has 1 saturated heterocycles. The van der Waals surface area contributed by atoms with Crippen LogP contribution in [-0.2, 0) is 19.6 Å². The lowest BCUT2D eigenvalue weighted by Gasteiger charge is -2.31. The van der Waals surface area contributed by atoms with E-state index in [0.717, 1.165) is 0 Å². The number of piperidine rings is 1. The molecule has 1 aliphatic rings. The van der Waals surface area contributed by atoms with Crippen molar-refractivity contribution in [3.8, 4) is 5.75 Å². The Bertz CT molecular complexity index is 1070. The molecule has 31 heavy (non-hydrogen) atoms. The predicted molar refractivity (Wildman–Crippen MR) is 116 cm³/mol. The van der Waals surface area contributed by atoms with E-state index in [-0.39, 0.29) is 17.3 Å². The molecule has 0 saturated carbocycles. The van der Waals surface area contributed by atoms with Crippen LogP contribution in [0, 0.1) is 12.8 Å². The molecule has 1 heterocycles. The second-order valence-corrected chi connectivity index (χ2v) is 9.27. The minimum absolute atomic E-state index is 0.0932. The highest BCUT2D eigenvalue weighted by Crippen LogP contribution is 2.27. The third-order valence-corrected chi connectivity index (χ3v) is 7.33. The van der Waals surface area contributed by atoms with Gasteiger partial charge in [-0.05, 0) is 61.7 Å². The van der Waals surface area contributed by atoms with Crippen molar-refractivity contribution in [3.63, 3.8) is 0 Å². The number of hydrogen-bond donors (Lipinski definition) is 1. The van der Waals surface area contributed by atoms with Crippen LogP contribution in [0.25, 0.3) is 0 Å². The number of anilines is 1. The Morgan fingerprint density at radius 1 is 1.10 bits per heavy atom. The van der Waals surface area contributed by atoms with E-state index in [1.54, 1.807) is 37.3 Å². The highest BCUT2D eigenvalue weighted by molar-refractivity contribution is 7.89. The van der Waals surface area contributed by atoms with Crippen LogP contribution in [0.5, 0.6) is 5.75 Å². The van der Waals surface area contributed by atoms with Crippen molar-refractivity contribution >= 4 is 27.6 Å². The normalized spacial score (nSPS) is 17.1. The molecule has 2 aromatic rings. The van der Waals surface area contributed by atoms with Crippen LogP contribution in [0.4, 0.5) is 5.69 Å². The molecule has 1 aliphatic heterocycles. The van der Waals surface area contributed by atoms with Crippen molar-refractivity contribution in [3.05, 3.63) is 53.6 Å². The van der Waals surface area contributed by atoms with Gasteiger partial charge in [0.15, 0.2) is 0 Å². The molecular formula is C22H26N2O6S. The second-order valence-electron chi connectivity index (χ2n) is 7.34. The first-order valence-electron chi connectivity index (χ1n) is 9.91. The summed E-state index contributed by atoms with van der Waals surface area (Å²) in [4.78, 5) is 24.9. The van der Waals surface area contributed by atoms with Crippen molar-refractivity contribution < 1.29 is 27.5 Å². The fourth-order valence-electron chi connectivity index (χ4n) is 3.61. The zero-order chi connectivity index (χ0) is 22.6. The Morgan fingerprint density at radius 2 is 1.81 bits per heavy atom. The van der Waals surface area contributed by atoms with Crippen LogP contribution >= 0.6 is 0 Å². The van der Waals surface area contributed by atoms with Crippen molar-refractivity contribution in [1.82, 2.24) is 4.31 Å². The van der Waals surface area contributed by atoms with Crippen molar-refractivity contribution in [2.75, 3.05) is 32.6 Å². The summed E-state index contributed by atoms with van der Waals surface area (Å²) in [6.07, 6.45) is 1.16. The quantitative estimate of drug-likeness (QED) is 0.685. The highest BCUT2D eigenvalue weighted by atomic mass is 32.2. The lowest BCUT2D eigenvalue weighted by molar-refractivity contribution is -0.120. The number of nitrogens with one attached hydrogen (secondary N) is 1. The molecule has 0 aromatic heterocycles. The van der Waals surface area contributed by atoms with Gasteiger partial charge in [0.05, 0.1) is 30.6 Å². The molecule has 9 heteroatoms. The number of amides is 1. The molecule has 2 aromatic carbocycles. The first kappa shape index (κ1) is 22.8. The molecule has 8 nitrogen and oxygen atoms in total. The second kappa shape index (κ2) is 9.49. The molecule has 1 atom stereocenters. The molecular weight excluding hydrogens is 420 g/mol. The van der Waals surface area contributed by atoms with Crippen LogP contribution in [0.3, 0.4) is 0 Å². The summed E-state index contributed by atoms with van der Waals surface area (Å²) < 4.78 is 37.2. The first-order chi connectivity index (χ1) is 14.8. The van der Waals surface area contributed by atoms with Gasteiger partial charge in [-0.15, -0.1) is 0 Å². The predicted octanol–water partition coefficient (Wildman–Crippen LogP) is 2.83. The van der Waals surface area contributed by atoms with E-state index in [4.69, 9.17) is 9.47 Å². The summed E-state index contributed by atoms with van der Waals surface area (Å²) in [6.45, 7) is 2.17. The van der Waals surface area contributed by atoms with Gasteiger partial charge in [-0.3, -0.25) is 4.79 Å². The van der Waals surface area contributed by atoms with E-state index in [0.29, 0.717) is 42.0 Å². The average Bonchev–Trinajstić information content (AvgIpc) is 2.80. The zero-order valence-electron chi connectivity index (χ0n) is 17.8. The summed E-state index contributed by atoms with van der Waals surface area (Å²) in [5, 5.41) is 2.84. The standard InChI is InChI=1S/C22H26N2O6S/c1-15-19(22(26)30-3)7-4-8-20(15)23-21(25)16-6-5-13-24(14-16)31(27,28)18-11-9-17(29-2)10-12-18/h4,7-12,16H,5-6,13-14H2,1-3H3,(H,23,25)/t16-/m1/s1. The smallest absolute Gasteiger partial charge is 0.338 e. The monoisotopic (exact) mass is 446 g/mol. The number of rotatable bonds is 6.